The van der Waals surface area contributed by atoms with Crippen LogP contribution in [0.15, 0.2) is 90.0 Å². The number of hydrogen-bond acceptors (Lipinski definition) is 5. The Hall–Kier alpha value is -3.57. The van der Waals surface area contributed by atoms with Crippen LogP contribution in [0, 0.1) is 0 Å². The molecule has 6 heteroatoms. The minimum absolute atomic E-state index is 0.323. The van der Waals surface area contributed by atoms with Crippen molar-refractivity contribution in [2.75, 3.05) is 5.43 Å². The summed E-state index contributed by atoms with van der Waals surface area (Å²) >= 11 is 5.89. The van der Waals surface area contributed by atoms with Crippen molar-refractivity contribution < 1.29 is 0 Å². The maximum atomic E-state index is 5.89. The summed E-state index contributed by atoms with van der Waals surface area (Å²) in [4.78, 5) is 4.65. The van der Waals surface area contributed by atoms with Gasteiger partial charge in [-0.1, -0.05) is 84.4 Å². The van der Waals surface area contributed by atoms with E-state index in [1.807, 2.05) is 84.9 Å². The van der Waals surface area contributed by atoms with Crippen LogP contribution in [0.1, 0.15) is 5.56 Å². The Balaban J connectivity index is 1.65. The lowest BCUT2D eigenvalue weighted by Crippen LogP contribution is -2.03. The molecule has 136 valence electrons. The van der Waals surface area contributed by atoms with Crippen LogP contribution < -0.4 is 5.43 Å². The number of halogens is 1. The first-order valence-electron chi connectivity index (χ1n) is 8.70. The van der Waals surface area contributed by atoms with Crippen molar-refractivity contribution in [1.29, 1.82) is 0 Å². The third kappa shape index (κ3) is 4.22. The molecular formula is C22H16ClN5. The third-order valence-corrected chi connectivity index (χ3v) is 4.28. The zero-order valence-corrected chi connectivity index (χ0v) is 15.6. The normalized spacial score (nSPS) is 10.9. The first kappa shape index (κ1) is 17.8. The van der Waals surface area contributed by atoms with E-state index < -0.39 is 0 Å². The Morgan fingerprint density at radius 2 is 1.32 bits per heavy atom. The molecule has 0 aliphatic rings. The molecule has 1 aromatic heterocycles. The zero-order valence-electron chi connectivity index (χ0n) is 14.8. The van der Waals surface area contributed by atoms with Crippen LogP contribution in [0.4, 0.5) is 5.95 Å². The summed E-state index contributed by atoms with van der Waals surface area (Å²) in [6.07, 6.45) is 1.67. The highest BCUT2D eigenvalue weighted by Gasteiger charge is 2.13. The van der Waals surface area contributed by atoms with Gasteiger partial charge in [-0.2, -0.15) is 5.10 Å². The first-order valence-corrected chi connectivity index (χ1v) is 9.07. The molecule has 5 nitrogen and oxygen atoms in total. The summed E-state index contributed by atoms with van der Waals surface area (Å²) < 4.78 is 0. The van der Waals surface area contributed by atoms with E-state index in [1.165, 1.54) is 0 Å². The number of hydrogen-bond donors (Lipinski definition) is 1. The fourth-order valence-corrected chi connectivity index (χ4v) is 2.80. The van der Waals surface area contributed by atoms with Gasteiger partial charge in [-0.15, -0.1) is 10.2 Å². The van der Waals surface area contributed by atoms with E-state index in [-0.39, 0.29) is 0 Å². The molecule has 1 heterocycles. The molecule has 1 N–H and O–H groups in total. The Bertz CT molecular complexity index is 1080. The summed E-state index contributed by atoms with van der Waals surface area (Å²) in [6.45, 7) is 0. The lowest BCUT2D eigenvalue weighted by molar-refractivity contribution is 0.973. The van der Waals surface area contributed by atoms with Gasteiger partial charge in [0.05, 0.1) is 6.21 Å². The minimum Gasteiger partial charge on any atom is -0.244 e. The molecule has 0 saturated carbocycles. The molecule has 0 fully saturated rings. The Labute approximate surface area is 167 Å². The lowest BCUT2D eigenvalue weighted by Gasteiger charge is -2.09. The van der Waals surface area contributed by atoms with Crippen LogP contribution in [0.3, 0.4) is 0 Å². The van der Waals surface area contributed by atoms with Gasteiger partial charge in [0.2, 0.25) is 0 Å². The van der Waals surface area contributed by atoms with Crippen molar-refractivity contribution in [2.45, 2.75) is 0 Å². The van der Waals surface area contributed by atoms with Crippen molar-refractivity contribution in [3.63, 3.8) is 0 Å². The van der Waals surface area contributed by atoms with Gasteiger partial charge in [-0.05, 0) is 17.7 Å². The topological polar surface area (TPSA) is 63.1 Å². The number of aromatic nitrogens is 3. The molecule has 28 heavy (non-hydrogen) atoms. The average Bonchev–Trinajstić information content (AvgIpc) is 2.76. The fourth-order valence-electron chi connectivity index (χ4n) is 2.67. The molecule has 4 aromatic rings. The SMILES string of the molecule is Clc1ccc(/C=N\Nc2nnc(-c3ccccc3)c(-c3ccccc3)n2)cc1. The standard InChI is InChI=1S/C22H16ClN5/c23-19-13-11-16(12-14-19)15-24-27-22-25-20(17-7-3-1-4-8-17)21(26-28-22)18-9-5-2-6-10-18/h1-15H,(H,25,27,28)/b24-15-. The monoisotopic (exact) mass is 385 g/mol. The number of nitrogens with one attached hydrogen (secondary N) is 1. The summed E-state index contributed by atoms with van der Waals surface area (Å²) in [5.74, 6) is 0.323. The van der Waals surface area contributed by atoms with Crippen LogP contribution in [-0.4, -0.2) is 21.4 Å². The molecular weight excluding hydrogens is 370 g/mol. The lowest BCUT2D eigenvalue weighted by atomic mass is 10.0. The second-order valence-electron chi connectivity index (χ2n) is 5.99. The molecule has 0 unspecified atom stereocenters. The van der Waals surface area contributed by atoms with Crippen LogP contribution in [0.25, 0.3) is 22.5 Å². The molecule has 0 bridgehead atoms. The molecule has 0 aliphatic carbocycles. The van der Waals surface area contributed by atoms with Crippen molar-refractivity contribution in [2.24, 2.45) is 5.10 Å². The highest BCUT2D eigenvalue weighted by atomic mass is 35.5. The smallest absolute Gasteiger partial charge is 0.244 e. The average molecular weight is 386 g/mol. The number of anilines is 1. The third-order valence-electron chi connectivity index (χ3n) is 4.03. The molecule has 0 radical (unpaired) electrons. The van der Waals surface area contributed by atoms with E-state index in [1.54, 1.807) is 6.21 Å². The molecule has 4 rings (SSSR count). The van der Waals surface area contributed by atoms with Crippen molar-refractivity contribution in [3.8, 4) is 22.5 Å². The number of hydrazone groups is 1. The second kappa shape index (κ2) is 8.41. The van der Waals surface area contributed by atoms with E-state index >= 15 is 0 Å². The Morgan fingerprint density at radius 3 is 1.96 bits per heavy atom. The Morgan fingerprint density at radius 1 is 0.714 bits per heavy atom. The second-order valence-corrected chi connectivity index (χ2v) is 6.42. The number of benzene rings is 3. The van der Waals surface area contributed by atoms with Crippen LogP contribution in [-0.2, 0) is 0 Å². The molecule has 0 spiro atoms. The highest BCUT2D eigenvalue weighted by molar-refractivity contribution is 6.30. The number of rotatable bonds is 5. The molecule has 3 aromatic carbocycles. The van der Waals surface area contributed by atoms with Crippen LogP contribution >= 0.6 is 11.6 Å². The van der Waals surface area contributed by atoms with E-state index in [4.69, 9.17) is 11.6 Å². The molecule has 0 atom stereocenters. The summed E-state index contributed by atoms with van der Waals surface area (Å²) in [5.41, 5.74) is 7.14. The molecule has 0 amide bonds. The van der Waals surface area contributed by atoms with E-state index in [2.05, 4.69) is 25.7 Å². The van der Waals surface area contributed by atoms with E-state index in [0.717, 1.165) is 28.1 Å². The summed E-state index contributed by atoms with van der Waals surface area (Å²) in [6, 6.07) is 27.2. The van der Waals surface area contributed by atoms with E-state index in [0.29, 0.717) is 11.0 Å². The van der Waals surface area contributed by atoms with Gasteiger partial charge in [0, 0.05) is 16.1 Å². The predicted molar refractivity (Wildman–Crippen MR) is 113 cm³/mol. The van der Waals surface area contributed by atoms with Gasteiger partial charge in [0.15, 0.2) is 0 Å². The summed E-state index contributed by atoms with van der Waals surface area (Å²) in [5, 5.41) is 13.5. The maximum absolute atomic E-state index is 5.89. The van der Waals surface area contributed by atoms with E-state index in [9.17, 15) is 0 Å². The fraction of sp³-hybridized carbons (Fsp3) is 0. The number of nitrogens with zero attached hydrogens (tertiary/aromatic N) is 4. The van der Waals surface area contributed by atoms with Gasteiger partial charge in [0.25, 0.3) is 5.95 Å². The van der Waals surface area contributed by atoms with Gasteiger partial charge >= 0.3 is 0 Å². The van der Waals surface area contributed by atoms with Gasteiger partial charge in [0.1, 0.15) is 11.4 Å². The Kier molecular flexibility index (Phi) is 5.36. The van der Waals surface area contributed by atoms with Gasteiger partial charge < -0.3 is 0 Å². The zero-order chi connectivity index (χ0) is 19.2. The van der Waals surface area contributed by atoms with Gasteiger partial charge in [-0.3, -0.25) is 0 Å². The predicted octanol–water partition coefficient (Wildman–Crippen LogP) is 5.31. The first-order chi connectivity index (χ1) is 13.8. The van der Waals surface area contributed by atoms with Crippen LogP contribution in [0.2, 0.25) is 5.02 Å². The van der Waals surface area contributed by atoms with Gasteiger partial charge in [-0.25, -0.2) is 10.4 Å². The van der Waals surface area contributed by atoms with Crippen LogP contribution in [0.5, 0.6) is 0 Å². The molecule has 0 saturated heterocycles. The van der Waals surface area contributed by atoms with Crippen molar-refractivity contribution in [3.05, 3.63) is 95.5 Å². The quantitative estimate of drug-likeness (QED) is 0.373. The minimum atomic E-state index is 0.323. The van der Waals surface area contributed by atoms with Crippen molar-refractivity contribution in [1.82, 2.24) is 15.2 Å². The largest absolute Gasteiger partial charge is 0.263 e. The maximum Gasteiger partial charge on any atom is 0.263 e. The highest BCUT2D eigenvalue weighted by Crippen LogP contribution is 2.28. The summed E-state index contributed by atoms with van der Waals surface area (Å²) in [7, 11) is 0. The van der Waals surface area contributed by atoms with Crippen molar-refractivity contribution >= 4 is 23.8 Å². The molecule has 0 aliphatic heterocycles.